The average molecular weight is 442 g/mol. The number of allylic oxidation sites excluding steroid dienone is 1. The lowest BCUT2D eigenvalue weighted by atomic mass is 10.0. The maximum absolute atomic E-state index is 12.6. The molecule has 0 amide bonds. The summed E-state index contributed by atoms with van der Waals surface area (Å²) in [5.41, 5.74) is 1.72. The number of rotatable bonds is 4. The van der Waals surface area contributed by atoms with Crippen LogP contribution in [-0.4, -0.2) is 56.8 Å². The van der Waals surface area contributed by atoms with Gasteiger partial charge >= 0.3 is 0 Å². The van der Waals surface area contributed by atoms with Crippen LogP contribution in [0.3, 0.4) is 0 Å². The van der Waals surface area contributed by atoms with Gasteiger partial charge in [-0.25, -0.2) is 9.97 Å². The van der Waals surface area contributed by atoms with Gasteiger partial charge in [0.05, 0.1) is 6.20 Å². The largest absolute Gasteiger partial charge is 0.346 e. The van der Waals surface area contributed by atoms with E-state index in [4.69, 9.17) is 9.97 Å². The number of thiazole rings is 2. The van der Waals surface area contributed by atoms with E-state index in [1.54, 1.807) is 36.0 Å². The Labute approximate surface area is 182 Å². The molecule has 8 nitrogen and oxygen atoms in total. The summed E-state index contributed by atoms with van der Waals surface area (Å²) in [6.45, 7) is 8.54. The topological polar surface area (TPSA) is 99.2 Å². The standard InChI is InChI=1S/C20H23N7OS2/c1-20(2,3)26-13-4-5-27(10-13)19-25-18-17(30-19)24-16(29-18)15-14(28)6-11(7-21-15)12-8-22-23-9-12/h6-9,13,15,26H,4-5,10H2,1-3H3,(H,22,23). The Bertz CT molecular complexity index is 1100. The Kier molecular flexibility index (Phi) is 4.79. The summed E-state index contributed by atoms with van der Waals surface area (Å²) in [6.07, 6.45) is 7.87. The van der Waals surface area contributed by atoms with Crippen molar-refractivity contribution in [3.05, 3.63) is 29.0 Å². The normalized spacial score (nSPS) is 22.3. The quantitative estimate of drug-likeness (QED) is 0.645. The van der Waals surface area contributed by atoms with E-state index >= 15 is 0 Å². The third-order valence-electron chi connectivity index (χ3n) is 5.07. The first kappa shape index (κ1) is 19.5. The van der Waals surface area contributed by atoms with Crippen molar-refractivity contribution in [2.24, 2.45) is 4.99 Å². The second-order valence-electron chi connectivity index (χ2n) is 8.65. The van der Waals surface area contributed by atoms with Crippen molar-refractivity contribution in [1.82, 2.24) is 25.5 Å². The van der Waals surface area contributed by atoms with E-state index in [9.17, 15) is 4.79 Å². The number of nitrogens with one attached hydrogen (secondary N) is 2. The highest BCUT2D eigenvalue weighted by Crippen LogP contribution is 2.37. The van der Waals surface area contributed by atoms with E-state index in [1.807, 2.05) is 0 Å². The van der Waals surface area contributed by atoms with Crippen molar-refractivity contribution in [1.29, 1.82) is 0 Å². The number of H-pyrrole nitrogens is 1. The van der Waals surface area contributed by atoms with Gasteiger partial charge in [-0.1, -0.05) is 22.7 Å². The molecule has 2 unspecified atom stereocenters. The zero-order valence-electron chi connectivity index (χ0n) is 17.0. The zero-order chi connectivity index (χ0) is 20.9. The summed E-state index contributed by atoms with van der Waals surface area (Å²) in [4.78, 5) is 30.7. The van der Waals surface area contributed by atoms with Crippen LogP contribution in [0.2, 0.25) is 0 Å². The van der Waals surface area contributed by atoms with Gasteiger partial charge in [-0.3, -0.25) is 14.9 Å². The molecule has 10 heteroatoms. The molecule has 0 saturated carbocycles. The third kappa shape index (κ3) is 3.82. The molecule has 0 aliphatic carbocycles. The number of aromatic amines is 1. The summed E-state index contributed by atoms with van der Waals surface area (Å²) in [5, 5.41) is 12.1. The van der Waals surface area contributed by atoms with Crippen molar-refractivity contribution < 1.29 is 4.79 Å². The van der Waals surface area contributed by atoms with Crippen molar-refractivity contribution >= 4 is 55.0 Å². The second kappa shape index (κ2) is 7.36. The Balaban J connectivity index is 1.30. The van der Waals surface area contributed by atoms with E-state index in [0.717, 1.165) is 45.4 Å². The number of dihydropyridines is 1. The molecule has 5 heterocycles. The highest BCUT2D eigenvalue weighted by Gasteiger charge is 2.30. The molecule has 0 aromatic carbocycles. The number of carbonyl (C=O) groups is 1. The van der Waals surface area contributed by atoms with E-state index in [0.29, 0.717) is 11.0 Å². The van der Waals surface area contributed by atoms with Crippen molar-refractivity contribution in [2.45, 2.75) is 44.8 Å². The highest BCUT2D eigenvalue weighted by atomic mass is 32.1. The van der Waals surface area contributed by atoms with Gasteiger partial charge in [0.2, 0.25) is 0 Å². The van der Waals surface area contributed by atoms with Gasteiger partial charge in [0.15, 0.2) is 26.6 Å². The van der Waals surface area contributed by atoms with E-state index in [2.05, 4.69) is 46.2 Å². The number of aromatic nitrogens is 4. The van der Waals surface area contributed by atoms with Gasteiger partial charge in [0.25, 0.3) is 0 Å². The molecular weight excluding hydrogens is 418 g/mol. The Morgan fingerprint density at radius 1 is 1.23 bits per heavy atom. The number of hydrogen-bond donors (Lipinski definition) is 2. The van der Waals surface area contributed by atoms with E-state index < -0.39 is 6.04 Å². The highest BCUT2D eigenvalue weighted by molar-refractivity contribution is 7.28. The number of fused-ring (bicyclic) bond motifs is 1. The molecule has 1 saturated heterocycles. The molecule has 2 atom stereocenters. The fourth-order valence-electron chi connectivity index (χ4n) is 3.81. The second-order valence-corrected chi connectivity index (χ2v) is 10.6. The number of carbonyl (C=O) groups excluding carboxylic acids is 1. The van der Waals surface area contributed by atoms with Crippen LogP contribution in [0.25, 0.3) is 15.2 Å². The molecule has 0 spiro atoms. The van der Waals surface area contributed by atoms with E-state index in [1.165, 1.54) is 11.3 Å². The lowest BCUT2D eigenvalue weighted by Crippen LogP contribution is -2.44. The molecule has 2 aliphatic rings. The predicted octanol–water partition coefficient (Wildman–Crippen LogP) is 3.22. The SMILES string of the molecule is CC(C)(C)NC1CCN(c2nc3sc(C4N=CC(c5cn[nH]c5)=CC4=O)nc3s2)C1. The lowest BCUT2D eigenvalue weighted by Gasteiger charge is -2.25. The minimum atomic E-state index is -0.581. The van der Waals surface area contributed by atoms with Crippen LogP contribution >= 0.6 is 22.7 Å². The molecule has 3 aromatic heterocycles. The Morgan fingerprint density at radius 2 is 2.07 bits per heavy atom. The third-order valence-corrected chi connectivity index (χ3v) is 7.21. The van der Waals surface area contributed by atoms with Gasteiger partial charge < -0.3 is 10.2 Å². The van der Waals surface area contributed by atoms with Crippen LogP contribution in [0.15, 0.2) is 23.5 Å². The minimum absolute atomic E-state index is 0.0639. The van der Waals surface area contributed by atoms with Crippen LogP contribution in [-0.2, 0) is 4.79 Å². The van der Waals surface area contributed by atoms with Crippen LogP contribution in [0.5, 0.6) is 0 Å². The Morgan fingerprint density at radius 3 is 2.77 bits per heavy atom. The summed E-state index contributed by atoms with van der Waals surface area (Å²) in [6, 6.07) is -0.108. The fraction of sp³-hybridized carbons (Fsp3) is 0.450. The Hall–Kier alpha value is -2.43. The molecule has 2 N–H and O–H groups in total. The van der Waals surface area contributed by atoms with E-state index in [-0.39, 0.29) is 11.3 Å². The van der Waals surface area contributed by atoms with Gasteiger partial charge in [-0.2, -0.15) is 5.10 Å². The predicted molar refractivity (Wildman–Crippen MR) is 122 cm³/mol. The van der Waals surface area contributed by atoms with Crippen LogP contribution in [0.4, 0.5) is 5.13 Å². The summed E-state index contributed by atoms with van der Waals surface area (Å²) < 4.78 is 0. The molecular formula is C20H23N7OS2. The lowest BCUT2D eigenvalue weighted by molar-refractivity contribution is -0.115. The zero-order valence-corrected chi connectivity index (χ0v) is 18.7. The van der Waals surface area contributed by atoms with Gasteiger partial charge in [-0.15, -0.1) is 0 Å². The maximum Gasteiger partial charge on any atom is 0.188 e. The molecule has 30 heavy (non-hydrogen) atoms. The first-order valence-electron chi connectivity index (χ1n) is 9.93. The number of ketones is 1. The molecule has 5 rings (SSSR count). The fourth-order valence-corrected chi connectivity index (χ4v) is 5.95. The summed E-state index contributed by atoms with van der Waals surface area (Å²) >= 11 is 3.05. The molecule has 0 radical (unpaired) electrons. The molecule has 0 bridgehead atoms. The van der Waals surface area contributed by atoms with Crippen LogP contribution in [0.1, 0.15) is 43.8 Å². The number of anilines is 1. The minimum Gasteiger partial charge on any atom is -0.346 e. The molecule has 3 aromatic rings. The van der Waals surface area contributed by atoms with Crippen molar-refractivity contribution in [3.63, 3.8) is 0 Å². The van der Waals surface area contributed by atoms with Crippen molar-refractivity contribution in [2.75, 3.05) is 18.0 Å². The first-order valence-corrected chi connectivity index (χ1v) is 11.6. The van der Waals surface area contributed by atoms with Gasteiger partial charge in [-0.05, 0) is 33.3 Å². The smallest absolute Gasteiger partial charge is 0.188 e. The first-order chi connectivity index (χ1) is 14.4. The number of hydrogen-bond acceptors (Lipinski definition) is 9. The van der Waals surface area contributed by atoms with Gasteiger partial charge in [0, 0.05) is 48.2 Å². The van der Waals surface area contributed by atoms with Crippen LogP contribution in [0, 0.1) is 0 Å². The van der Waals surface area contributed by atoms with Crippen molar-refractivity contribution in [3.8, 4) is 0 Å². The molecule has 1 fully saturated rings. The number of aliphatic imine (C=N–C) groups is 1. The number of nitrogens with zero attached hydrogens (tertiary/aromatic N) is 5. The molecule has 2 aliphatic heterocycles. The van der Waals surface area contributed by atoms with Crippen LogP contribution < -0.4 is 10.2 Å². The average Bonchev–Trinajstić information content (AvgIpc) is 3.43. The summed E-state index contributed by atoms with van der Waals surface area (Å²) in [5.74, 6) is -0.0639. The molecule has 156 valence electrons. The maximum atomic E-state index is 12.6. The van der Waals surface area contributed by atoms with Gasteiger partial charge in [0.1, 0.15) is 5.01 Å². The summed E-state index contributed by atoms with van der Waals surface area (Å²) in [7, 11) is 0. The monoisotopic (exact) mass is 441 g/mol.